The largest absolute Gasteiger partial charge is 0.504 e. The van der Waals surface area contributed by atoms with Crippen molar-refractivity contribution in [2.75, 3.05) is 20.3 Å². The number of nitrogens with one attached hydrogen (secondary N) is 2. The number of hydrogen-bond donors (Lipinski definition) is 5. The fourth-order valence-electron chi connectivity index (χ4n) is 6.23. The van der Waals surface area contributed by atoms with Gasteiger partial charge in [-0.2, -0.15) is 0 Å². The van der Waals surface area contributed by atoms with Gasteiger partial charge in [-0.05, 0) is 48.6 Å². The number of aromatic hydroxyl groups is 1. The van der Waals surface area contributed by atoms with E-state index in [0.717, 1.165) is 48.1 Å². The molecule has 1 aliphatic heterocycles. The smallest absolute Gasteiger partial charge is 0.161 e. The van der Waals surface area contributed by atoms with E-state index in [0.29, 0.717) is 42.9 Å². The summed E-state index contributed by atoms with van der Waals surface area (Å²) in [5.41, 5.74) is 9.69. The average Bonchev–Trinajstić information content (AvgIpc) is 3.49. The van der Waals surface area contributed by atoms with Crippen LogP contribution in [0, 0.1) is 5.41 Å². The number of aromatic amines is 1. The number of unbranched alkanes of at least 4 members (excludes halogenated alkanes) is 4. The summed E-state index contributed by atoms with van der Waals surface area (Å²) in [6.45, 7) is 2.51. The Bertz CT molecular complexity index is 1340. The molecule has 2 atom stereocenters. The lowest BCUT2D eigenvalue weighted by Crippen LogP contribution is -2.40. The van der Waals surface area contributed by atoms with E-state index in [2.05, 4.69) is 23.3 Å². The Balaban J connectivity index is 1.61. The summed E-state index contributed by atoms with van der Waals surface area (Å²) in [7, 11) is 1.50. The fraction of sp³-hybridized carbons (Fsp3) is 0.471. The van der Waals surface area contributed by atoms with Crippen molar-refractivity contribution in [2.45, 2.75) is 77.0 Å². The van der Waals surface area contributed by atoms with Crippen LogP contribution in [0.1, 0.15) is 81.0 Å². The number of allylic oxidation sites excluding steroid dienone is 3. The van der Waals surface area contributed by atoms with E-state index in [1.165, 1.54) is 13.5 Å². The summed E-state index contributed by atoms with van der Waals surface area (Å²) >= 11 is 0. The molecular weight excluding hydrogens is 530 g/mol. The highest BCUT2D eigenvalue weighted by Gasteiger charge is 2.45. The van der Waals surface area contributed by atoms with Crippen LogP contribution in [-0.4, -0.2) is 47.0 Å². The van der Waals surface area contributed by atoms with Crippen molar-refractivity contribution >= 4 is 11.6 Å². The first-order valence-corrected chi connectivity index (χ1v) is 15.1. The van der Waals surface area contributed by atoms with Gasteiger partial charge in [0.1, 0.15) is 17.4 Å². The van der Waals surface area contributed by atoms with Crippen LogP contribution in [0.3, 0.4) is 0 Å². The van der Waals surface area contributed by atoms with Gasteiger partial charge in [0.15, 0.2) is 11.5 Å². The molecule has 226 valence electrons. The number of dihydropyridines is 1. The number of nitrogens with two attached hydrogens (primary N) is 1. The molecule has 0 bridgehead atoms. The second kappa shape index (κ2) is 14.4. The lowest BCUT2D eigenvalue weighted by Gasteiger charge is -2.43. The van der Waals surface area contributed by atoms with E-state index in [9.17, 15) is 19.8 Å². The van der Waals surface area contributed by atoms with E-state index in [-0.39, 0.29) is 36.8 Å². The molecule has 0 saturated heterocycles. The molecule has 8 nitrogen and oxygen atoms in total. The van der Waals surface area contributed by atoms with Gasteiger partial charge in [0, 0.05) is 53.7 Å². The van der Waals surface area contributed by atoms with Crippen LogP contribution >= 0.6 is 0 Å². The van der Waals surface area contributed by atoms with Crippen molar-refractivity contribution in [2.24, 2.45) is 11.1 Å². The highest BCUT2D eigenvalue weighted by Crippen LogP contribution is 2.54. The Morgan fingerprint density at radius 3 is 2.64 bits per heavy atom. The zero-order valence-corrected chi connectivity index (χ0v) is 24.9. The van der Waals surface area contributed by atoms with Gasteiger partial charge >= 0.3 is 0 Å². The first-order chi connectivity index (χ1) is 20.3. The number of aromatic nitrogens is 1. The van der Waals surface area contributed by atoms with Crippen LogP contribution in [0.5, 0.6) is 11.5 Å². The molecule has 1 aromatic carbocycles. The molecule has 0 unspecified atom stereocenters. The van der Waals surface area contributed by atoms with Crippen molar-refractivity contribution in [3.8, 4) is 11.5 Å². The monoisotopic (exact) mass is 575 g/mol. The van der Waals surface area contributed by atoms with E-state index in [1.54, 1.807) is 6.07 Å². The van der Waals surface area contributed by atoms with Gasteiger partial charge in [-0.25, -0.2) is 0 Å². The van der Waals surface area contributed by atoms with Crippen molar-refractivity contribution in [3.05, 3.63) is 82.5 Å². The van der Waals surface area contributed by atoms with Gasteiger partial charge < -0.3 is 31.0 Å². The Labute approximate surface area is 248 Å². The number of benzene rings is 1. The van der Waals surface area contributed by atoms with Crippen LogP contribution in [0.4, 0.5) is 0 Å². The maximum absolute atomic E-state index is 12.7. The number of ketones is 2. The molecule has 42 heavy (non-hydrogen) atoms. The summed E-state index contributed by atoms with van der Waals surface area (Å²) in [5, 5.41) is 25.6. The van der Waals surface area contributed by atoms with E-state index in [4.69, 9.17) is 10.5 Å². The number of hydrogen-bond acceptors (Lipinski definition) is 7. The molecule has 0 amide bonds. The van der Waals surface area contributed by atoms with Crippen molar-refractivity contribution < 1.29 is 24.5 Å². The second-order valence-corrected chi connectivity index (χ2v) is 11.6. The number of aliphatic hydroxyl groups excluding tert-OH is 1. The first kappa shape index (κ1) is 31.2. The molecule has 8 heteroatoms. The summed E-state index contributed by atoms with van der Waals surface area (Å²) < 4.78 is 5.58. The van der Waals surface area contributed by atoms with Gasteiger partial charge in [0.2, 0.25) is 0 Å². The minimum absolute atomic E-state index is 0.00117. The SMILES string of the molecule is CCCCCCCC(=O)CC(=O)CCc1cc(OC)c(O)c([C@@H]2C3=CCNC(N)=C3C=C[C@@]2(CO)Cc2ccc[nH]2)c1. The quantitative estimate of drug-likeness (QED) is 0.138. The third kappa shape index (κ3) is 7.16. The maximum Gasteiger partial charge on any atom is 0.161 e. The number of carbonyl (C=O) groups excluding carboxylic acids is 2. The third-order valence-electron chi connectivity index (χ3n) is 8.50. The number of phenols is 1. The van der Waals surface area contributed by atoms with Crippen LogP contribution in [0.25, 0.3) is 0 Å². The van der Waals surface area contributed by atoms with Gasteiger partial charge in [0.05, 0.1) is 20.1 Å². The van der Waals surface area contributed by atoms with E-state index in [1.807, 2.05) is 36.5 Å². The average molecular weight is 576 g/mol. The Kier molecular flexibility index (Phi) is 10.7. The number of H-pyrrole nitrogens is 1. The van der Waals surface area contributed by atoms with Crippen LogP contribution < -0.4 is 15.8 Å². The number of phenolic OH excluding ortho intramolecular Hbond substituents is 1. The minimum Gasteiger partial charge on any atom is -0.504 e. The molecule has 2 heterocycles. The zero-order chi connectivity index (χ0) is 30.1. The topological polar surface area (TPSA) is 138 Å². The van der Waals surface area contributed by atoms with Crippen LogP contribution in [0.2, 0.25) is 0 Å². The van der Waals surface area contributed by atoms with Crippen LogP contribution in [0.15, 0.2) is 65.7 Å². The number of methoxy groups -OCH3 is 1. The van der Waals surface area contributed by atoms with Gasteiger partial charge in [0.25, 0.3) is 0 Å². The summed E-state index contributed by atoms with van der Waals surface area (Å²) in [6, 6.07) is 7.55. The lowest BCUT2D eigenvalue weighted by atomic mass is 9.61. The van der Waals surface area contributed by atoms with Crippen molar-refractivity contribution in [3.63, 3.8) is 0 Å². The zero-order valence-electron chi connectivity index (χ0n) is 24.9. The first-order valence-electron chi connectivity index (χ1n) is 15.1. The molecule has 0 saturated carbocycles. The number of Topliss-reactive ketones (excluding diaryl/α,β-unsaturated/α-hetero) is 2. The molecule has 1 aliphatic carbocycles. The van der Waals surface area contributed by atoms with Gasteiger partial charge in [-0.3, -0.25) is 9.59 Å². The molecule has 6 N–H and O–H groups in total. The molecule has 2 aromatic rings. The number of carbonyl (C=O) groups is 2. The molecule has 0 radical (unpaired) electrons. The van der Waals surface area contributed by atoms with Gasteiger partial charge in [-0.15, -0.1) is 0 Å². The molecule has 0 spiro atoms. The second-order valence-electron chi connectivity index (χ2n) is 11.6. The molecule has 2 aliphatic rings. The molecule has 0 fully saturated rings. The fourth-order valence-corrected chi connectivity index (χ4v) is 6.23. The maximum atomic E-state index is 12.7. The molecule has 4 rings (SSSR count). The summed E-state index contributed by atoms with van der Waals surface area (Å²) in [5.74, 6) is 0.313. The van der Waals surface area contributed by atoms with E-state index < -0.39 is 11.3 Å². The Hall–Kier alpha value is -3.78. The molecular formula is C34H45N3O5. The predicted molar refractivity (Wildman–Crippen MR) is 164 cm³/mol. The normalized spacial score (nSPS) is 19.7. The number of aliphatic hydroxyl groups is 1. The Morgan fingerprint density at radius 1 is 1.14 bits per heavy atom. The highest BCUT2D eigenvalue weighted by atomic mass is 16.5. The summed E-state index contributed by atoms with van der Waals surface area (Å²) in [6.07, 6.45) is 14.7. The van der Waals surface area contributed by atoms with E-state index >= 15 is 0 Å². The number of aryl methyl sites for hydroxylation is 1. The van der Waals surface area contributed by atoms with Crippen molar-refractivity contribution in [1.82, 2.24) is 10.3 Å². The van der Waals surface area contributed by atoms with Crippen molar-refractivity contribution in [1.29, 1.82) is 0 Å². The highest BCUT2D eigenvalue weighted by molar-refractivity contribution is 5.99. The molecule has 1 aromatic heterocycles. The minimum atomic E-state index is -0.779. The number of ether oxygens (including phenoxy) is 1. The van der Waals surface area contributed by atoms with Crippen LogP contribution in [-0.2, 0) is 22.4 Å². The third-order valence-corrected chi connectivity index (χ3v) is 8.50. The van der Waals surface area contributed by atoms with Gasteiger partial charge in [-0.1, -0.05) is 56.9 Å². The number of fused-ring (bicyclic) bond motifs is 1. The summed E-state index contributed by atoms with van der Waals surface area (Å²) in [4.78, 5) is 28.4. The number of rotatable bonds is 16. The Morgan fingerprint density at radius 2 is 1.93 bits per heavy atom. The lowest BCUT2D eigenvalue weighted by molar-refractivity contribution is -0.127. The standard InChI is InChI=1S/C34H45N3O5/c1-3-4-5-6-7-10-25(39)20-26(40)12-11-23-18-29(32(41)30(19-23)42-2)31-27-14-17-37-33(35)28(27)13-15-34(31,22-38)21-24-9-8-16-36-24/h8-9,13-16,18-19,31,36-38,41H,3-7,10-12,17,20-22,35H2,1-2H3/t31-,34-/m0/s1. The predicted octanol–water partition coefficient (Wildman–Crippen LogP) is 5.13.